The lowest BCUT2D eigenvalue weighted by Gasteiger charge is -2.18. The number of carbonyl (C=O) groups is 3. The summed E-state index contributed by atoms with van der Waals surface area (Å²) < 4.78 is 0. The highest BCUT2D eigenvalue weighted by Crippen LogP contribution is 2.17. The van der Waals surface area contributed by atoms with Gasteiger partial charge in [-0.2, -0.15) is 0 Å². The van der Waals surface area contributed by atoms with Gasteiger partial charge in [-0.3, -0.25) is 9.59 Å². The topological polar surface area (TPSA) is 132 Å². The Labute approximate surface area is 143 Å². The monoisotopic (exact) mass is 346 g/mol. The molecule has 2 rings (SSSR count). The third-order valence-corrected chi connectivity index (χ3v) is 3.17. The van der Waals surface area contributed by atoms with E-state index in [0.717, 1.165) is 0 Å². The minimum absolute atomic E-state index is 1.14. The maximum absolute atomic E-state index is 10.3. The van der Waals surface area contributed by atoms with Gasteiger partial charge in [0.2, 0.25) is 0 Å². The van der Waals surface area contributed by atoms with Gasteiger partial charge in [0.25, 0.3) is 0 Å². The summed E-state index contributed by atoms with van der Waals surface area (Å²) in [6.45, 7) is 0. The summed E-state index contributed by atoms with van der Waals surface area (Å²) in [5.74, 6) is -5.02. The predicted octanol–water partition coefficient (Wildman–Crippen LogP) is 2.11. The van der Waals surface area contributed by atoms with Crippen LogP contribution in [0.2, 0.25) is 0 Å². The summed E-state index contributed by atoms with van der Waals surface area (Å²) in [5.41, 5.74) is -0.186. The lowest BCUT2D eigenvalue weighted by molar-refractivity contribution is -0.170. The Morgan fingerprint density at radius 2 is 1.00 bits per heavy atom. The zero-order valence-electron chi connectivity index (χ0n) is 13.2. The second-order valence-corrected chi connectivity index (χ2v) is 5.21. The number of rotatable bonds is 6. The average molecular weight is 346 g/mol. The van der Waals surface area contributed by atoms with Crippen LogP contribution in [0.1, 0.15) is 12.8 Å². The van der Waals surface area contributed by atoms with Crippen LogP contribution in [0.3, 0.4) is 0 Å². The number of carboxylic acid groups (broad SMARTS) is 3. The summed E-state index contributed by atoms with van der Waals surface area (Å²) in [6, 6.07) is 20.8. The first-order valence-corrected chi connectivity index (χ1v) is 7.24. The fraction of sp³-hybridized carbons (Fsp3) is 0.167. The van der Waals surface area contributed by atoms with E-state index in [4.69, 9.17) is 20.4 Å². The van der Waals surface area contributed by atoms with Crippen molar-refractivity contribution >= 4 is 17.9 Å². The minimum atomic E-state index is -2.74. The molecule has 0 aliphatic heterocycles. The molecule has 4 N–H and O–H groups in total. The van der Waals surface area contributed by atoms with Crippen molar-refractivity contribution in [2.75, 3.05) is 0 Å². The van der Waals surface area contributed by atoms with Gasteiger partial charge in [0.05, 0.1) is 12.8 Å². The molecular formula is C18H18O7. The Balaban J connectivity index is 0.000000250. The number of carboxylic acids is 3. The molecule has 0 saturated carbocycles. The standard InChI is InChI=1S/C12H10.C6H8O7/c1-3-7-11(8-4-1)12-9-5-2-6-10-12;7-3(8)1-6(13,5(11)12)2-4(9)10/h1-10H;13H,1-2H2,(H,7,8)(H,9,10)(H,11,12). The Morgan fingerprint density at radius 1 is 0.680 bits per heavy atom. The van der Waals surface area contributed by atoms with Gasteiger partial charge in [0.15, 0.2) is 5.60 Å². The third kappa shape index (κ3) is 6.84. The fourth-order valence-electron chi connectivity index (χ4n) is 1.98. The van der Waals surface area contributed by atoms with Crippen molar-refractivity contribution in [1.82, 2.24) is 0 Å². The van der Waals surface area contributed by atoms with Gasteiger partial charge in [-0.1, -0.05) is 60.7 Å². The van der Waals surface area contributed by atoms with Crippen molar-refractivity contribution in [2.24, 2.45) is 0 Å². The van der Waals surface area contributed by atoms with Gasteiger partial charge in [-0.25, -0.2) is 4.79 Å². The van der Waals surface area contributed by atoms with Gasteiger partial charge in [0, 0.05) is 0 Å². The molecule has 7 nitrogen and oxygen atoms in total. The third-order valence-electron chi connectivity index (χ3n) is 3.17. The largest absolute Gasteiger partial charge is 0.481 e. The van der Waals surface area contributed by atoms with Crippen LogP contribution >= 0.6 is 0 Å². The van der Waals surface area contributed by atoms with E-state index in [-0.39, 0.29) is 0 Å². The van der Waals surface area contributed by atoms with Crippen LogP contribution in [0.15, 0.2) is 60.7 Å². The van der Waals surface area contributed by atoms with E-state index in [1.54, 1.807) is 0 Å². The molecule has 0 fully saturated rings. The number of hydrogen-bond donors (Lipinski definition) is 4. The molecule has 0 aromatic heterocycles. The number of aliphatic carboxylic acids is 3. The smallest absolute Gasteiger partial charge is 0.336 e. The second kappa shape index (κ2) is 9.19. The van der Waals surface area contributed by atoms with Gasteiger partial charge < -0.3 is 20.4 Å². The summed E-state index contributed by atoms with van der Waals surface area (Å²) in [5, 5.41) is 33.8. The molecule has 0 unspecified atom stereocenters. The molecule has 2 aromatic rings. The summed E-state index contributed by atoms with van der Waals surface area (Å²) in [4.78, 5) is 30.5. The van der Waals surface area contributed by atoms with E-state index in [2.05, 4.69) is 48.5 Å². The van der Waals surface area contributed by atoms with Crippen molar-refractivity contribution in [3.8, 4) is 11.1 Å². The highest BCUT2D eigenvalue weighted by atomic mass is 16.4. The zero-order valence-corrected chi connectivity index (χ0v) is 13.2. The molecule has 0 atom stereocenters. The Bertz CT molecular complexity index is 657. The van der Waals surface area contributed by atoms with Crippen LogP contribution in [0.25, 0.3) is 11.1 Å². The van der Waals surface area contributed by atoms with Gasteiger partial charge in [0.1, 0.15) is 0 Å². The van der Waals surface area contributed by atoms with E-state index in [9.17, 15) is 14.4 Å². The highest BCUT2D eigenvalue weighted by Gasteiger charge is 2.40. The fourth-order valence-corrected chi connectivity index (χ4v) is 1.98. The minimum Gasteiger partial charge on any atom is -0.481 e. The molecule has 0 amide bonds. The van der Waals surface area contributed by atoms with Crippen LogP contribution in [-0.2, 0) is 14.4 Å². The molecule has 0 bridgehead atoms. The molecule has 0 aliphatic carbocycles. The zero-order chi connectivity index (χ0) is 18.9. The molecule has 25 heavy (non-hydrogen) atoms. The molecule has 2 aromatic carbocycles. The van der Waals surface area contributed by atoms with E-state index in [0.29, 0.717) is 0 Å². The van der Waals surface area contributed by atoms with Gasteiger partial charge in [-0.05, 0) is 11.1 Å². The SMILES string of the molecule is O=C(O)CC(O)(CC(=O)O)C(=O)O.c1ccc(-c2ccccc2)cc1. The normalized spacial score (nSPS) is 10.3. The van der Waals surface area contributed by atoms with Crippen LogP contribution in [0.5, 0.6) is 0 Å². The molecule has 0 aliphatic rings. The molecule has 0 heterocycles. The molecule has 0 radical (unpaired) electrons. The Morgan fingerprint density at radius 3 is 1.24 bits per heavy atom. The summed E-state index contributed by atoms with van der Waals surface area (Å²) in [6.07, 6.45) is -2.29. The first-order chi connectivity index (χ1) is 11.7. The van der Waals surface area contributed by atoms with Crippen molar-refractivity contribution in [3.63, 3.8) is 0 Å². The lowest BCUT2D eigenvalue weighted by Crippen LogP contribution is -2.42. The number of benzene rings is 2. The maximum Gasteiger partial charge on any atom is 0.336 e. The Hall–Kier alpha value is -3.19. The maximum atomic E-state index is 10.3. The molecular weight excluding hydrogens is 328 g/mol. The summed E-state index contributed by atoms with van der Waals surface area (Å²) >= 11 is 0. The molecule has 0 saturated heterocycles. The summed E-state index contributed by atoms with van der Waals surface area (Å²) in [7, 11) is 0. The number of aliphatic hydroxyl groups is 1. The van der Waals surface area contributed by atoms with E-state index in [1.165, 1.54) is 11.1 Å². The van der Waals surface area contributed by atoms with Crippen molar-refractivity contribution in [1.29, 1.82) is 0 Å². The van der Waals surface area contributed by atoms with Crippen LogP contribution in [0.4, 0.5) is 0 Å². The molecule has 0 spiro atoms. The van der Waals surface area contributed by atoms with Crippen molar-refractivity contribution < 1.29 is 34.8 Å². The van der Waals surface area contributed by atoms with Gasteiger partial charge in [-0.15, -0.1) is 0 Å². The van der Waals surface area contributed by atoms with E-state index in [1.807, 2.05) is 12.1 Å². The van der Waals surface area contributed by atoms with Gasteiger partial charge >= 0.3 is 17.9 Å². The molecule has 132 valence electrons. The van der Waals surface area contributed by atoms with Crippen LogP contribution in [-0.4, -0.2) is 43.9 Å². The first kappa shape index (κ1) is 19.9. The van der Waals surface area contributed by atoms with E-state index >= 15 is 0 Å². The second-order valence-electron chi connectivity index (χ2n) is 5.21. The lowest BCUT2D eigenvalue weighted by atomic mass is 9.96. The average Bonchev–Trinajstić information content (AvgIpc) is 2.55. The number of hydrogen-bond acceptors (Lipinski definition) is 4. The Kier molecular flexibility index (Phi) is 7.30. The highest BCUT2D eigenvalue weighted by molar-refractivity contribution is 5.88. The van der Waals surface area contributed by atoms with Crippen LogP contribution in [0, 0.1) is 0 Å². The predicted molar refractivity (Wildman–Crippen MR) is 89.0 cm³/mol. The first-order valence-electron chi connectivity index (χ1n) is 7.24. The van der Waals surface area contributed by atoms with Crippen molar-refractivity contribution in [3.05, 3.63) is 60.7 Å². The molecule has 7 heteroatoms. The van der Waals surface area contributed by atoms with E-state index < -0.39 is 36.4 Å². The van der Waals surface area contributed by atoms with Crippen molar-refractivity contribution in [2.45, 2.75) is 18.4 Å². The quantitative estimate of drug-likeness (QED) is 0.629. The van der Waals surface area contributed by atoms with Crippen LogP contribution < -0.4 is 0 Å².